The van der Waals surface area contributed by atoms with Crippen molar-refractivity contribution in [3.63, 3.8) is 0 Å². The van der Waals surface area contributed by atoms with Crippen LogP contribution in [-0.4, -0.2) is 37.7 Å². The number of urea groups is 1. The first kappa shape index (κ1) is 19.0. The number of nitrogens with zero attached hydrogens (tertiary/aromatic N) is 1. The van der Waals surface area contributed by atoms with Gasteiger partial charge in [-0.3, -0.25) is 10.3 Å². The van der Waals surface area contributed by atoms with Crippen LogP contribution in [-0.2, 0) is 4.84 Å². The van der Waals surface area contributed by atoms with Gasteiger partial charge in [-0.25, -0.2) is 4.79 Å². The van der Waals surface area contributed by atoms with Gasteiger partial charge in [-0.1, -0.05) is 0 Å². The minimum absolute atomic E-state index is 0.216. The fraction of sp³-hybridized carbons (Fsp3) is 0.429. The fourth-order valence-electron chi connectivity index (χ4n) is 2.18. The van der Waals surface area contributed by atoms with Crippen LogP contribution in [0.1, 0.15) is 13.3 Å². The van der Waals surface area contributed by atoms with Crippen molar-refractivity contribution in [3.05, 3.63) is 24.3 Å². The third-order valence-corrected chi connectivity index (χ3v) is 3.08. The van der Waals surface area contributed by atoms with Gasteiger partial charge in [-0.15, -0.1) is 13.2 Å². The molecule has 0 saturated carbocycles. The Morgan fingerprint density at radius 3 is 2.60 bits per heavy atom. The molecule has 1 aliphatic rings. The Bertz CT molecular complexity index is 621. The molecule has 11 heteroatoms. The Labute approximate surface area is 141 Å². The summed E-state index contributed by atoms with van der Waals surface area (Å²) < 4.78 is 40.0. The number of hydrogen-bond acceptors (Lipinski definition) is 6. The number of alkyl halides is 3. The molecule has 0 aliphatic carbocycles. The molecule has 1 aromatic carbocycles. The molecule has 2 rings (SSSR count). The molecule has 0 saturated heterocycles. The Hall–Kier alpha value is -2.37. The molecule has 2 amide bonds. The van der Waals surface area contributed by atoms with Crippen molar-refractivity contribution in [2.75, 3.05) is 12.4 Å². The van der Waals surface area contributed by atoms with Gasteiger partial charge in [0.15, 0.2) is 6.29 Å². The number of rotatable bonds is 5. The Balaban J connectivity index is 1.88. The van der Waals surface area contributed by atoms with E-state index in [1.165, 1.54) is 19.2 Å². The lowest BCUT2D eigenvalue weighted by atomic mass is 10.2. The van der Waals surface area contributed by atoms with Gasteiger partial charge in [-0.05, 0) is 31.2 Å². The molecule has 0 spiro atoms. The topological polar surface area (TPSA) is 96.0 Å². The molecular weight excluding hydrogens is 343 g/mol. The largest absolute Gasteiger partial charge is 0.573 e. The SMILES string of the molecule is CONC1CC(C)=NC(NC(=O)Nc2ccc(OC(F)(F)F)cc2)N1. The Morgan fingerprint density at radius 2 is 2.00 bits per heavy atom. The van der Waals surface area contributed by atoms with Crippen LogP contribution >= 0.6 is 0 Å². The normalized spacial score (nSPS) is 20.6. The number of amides is 2. The second-order valence-corrected chi connectivity index (χ2v) is 5.18. The number of halogens is 3. The summed E-state index contributed by atoms with van der Waals surface area (Å²) in [5, 5.41) is 8.07. The fourth-order valence-corrected chi connectivity index (χ4v) is 2.18. The lowest BCUT2D eigenvalue weighted by molar-refractivity contribution is -0.274. The molecule has 1 aliphatic heterocycles. The van der Waals surface area contributed by atoms with Gasteiger partial charge < -0.3 is 20.2 Å². The lowest BCUT2D eigenvalue weighted by Gasteiger charge is -2.28. The lowest BCUT2D eigenvalue weighted by Crippen LogP contribution is -2.57. The maximum Gasteiger partial charge on any atom is 0.573 e. The van der Waals surface area contributed by atoms with Crippen LogP contribution in [0.2, 0.25) is 0 Å². The van der Waals surface area contributed by atoms with E-state index in [0.717, 1.165) is 17.8 Å². The van der Waals surface area contributed by atoms with E-state index in [1.54, 1.807) is 0 Å². The summed E-state index contributed by atoms with van der Waals surface area (Å²) >= 11 is 0. The number of ether oxygens (including phenoxy) is 1. The van der Waals surface area contributed by atoms with Gasteiger partial charge in [0.1, 0.15) is 5.75 Å². The van der Waals surface area contributed by atoms with E-state index in [0.29, 0.717) is 12.1 Å². The van der Waals surface area contributed by atoms with Crippen LogP contribution in [0.25, 0.3) is 0 Å². The minimum atomic E-state index is -4.76. The molecule has 4 N–H and O–H groups in total. The average molecular weight is 361 g/mol. The van der Waals surface area contributed by atoms with E-state index in [4.69, 9.17) is 4.84 Å². The van der Waals surface area contributed by atoms with Crippen molar-refractivity contribution in [3.8, 4) is 5.75 Å². The zero-order valence-electron chi connectivity index (χ0n) is 13.5. The first-order valence-electron chi connectivity index (χ1n) is 7.26. The zero-order chi connectivity index (χ0) is 18.4. The van der Waals surface area contributed by atoms with Crippen molar-refractivity contribution in [2.45, 2.75) is 32.2 Å². The maximum atomic E-state index is 12.1. The molecule has 25 heavy (non-hydrogen) atoms. The summed E-state index contributed by atoms with van der Waals surface area (Å²) in [6.45, 7) is 1.82. The van der Waals surface area contributed by atoms with Gasteiger partial charge in [0.25, 0.3) is 0 Å². The van der Waals surface area contributed by atoms with E-state index in [9.17, 15) is 18.0 Å². The third-order valence-electron chi connectivity index (χ3n) is 3.08. The van der Waals surface area contributed by atoms with E-state index >= 15 is 0 Å². The third kappa shape index (κ3) is 6.57. The average Bonchev–Trinajstić information content (AvgIpc) is 2.47. The number of hydrogen-bond donors (Lipinski definition) is 4. The molecule has 2 atom stereocenters. The van der Waals surface area contributed by atoms with Crippen molar-refractivity contribution in [1.29, 1.82) is 0 Å². The van der Waals surface area contributed by atoms with Crippen molar-refractivity contribution < 1.29 is 27.5 Å². The molecule has 0 bridgehead atoms. The Morgan fingerprint density at radius 1 is 1.32 bits per heavy atom. The molecule has 0 aromatic heterocycles. The summed E-state index contributed by atoms with van der Waals surface area (Å²) in [6, 6.07) is 4.21. The molecule has 0 radical (unpaired) electrons. The quantitative estimate of drug-likeness (QED) is 0.601. The minimum Gasteiger partial charge on any atom is -0.406 e. The predicted molar refractivity (Wildman–Crippen MR) is 83.9 cm³/mol. The zero-order valence-corrected chi connectivity index (χ0v) is 13.5. The number of carbonyl (C=O) groups is 1. The highest BCUT2D eigenvalue weighted by molar-refractivity contribution is 5.90. The van der Waals surface area contributed by atoms with E-state index in [1.807, 2.05) is 6.92 Å². The standard InChI is InChI=1S/C14H18F3N5O3/c1-8-7-11(22-24-2)20-12(18-8)21-13(23)19-9-3-5-10(6-4-9)25-14(15,16)17/h3-6,11-12,20,22H,7H2,1-2H3,(H2,19,21,23). The van der Waals surface area contributed by atoms with E-state index in [2.05, 4.69) is 31.2 Å². The second kappa shape index (κ2) is 8.14. The van der Waals surface area contributed by atoms with Crippen LogP contribution in [0.5, 0.6) is 5.75 Å². The highest BCUT2D eigenvalue weighted by Gasteiger charge is 2.31. The van der Waals surface area contributed by atoms with Gasteiger partial charge in [0.05, 0.1) is 13.3 Å². The summed E-state index contributed by atoms with van der Waals surface area (Å²) in [4.78, 5) is 21.1. The van der Waals surface area contributed by atoms with Gasteiger partial charge in [0.2, 0.25) is 0 Å². The molecule has 2 unspecified atom stereocenters. The molecule has 1 heterocycles. The number of hydroxylamine groups is 1. The van der Waals surface area contributed by atoms with Gasteiger partial charge >= 0.3 is 12.4 Å². The van der Waals surface area contributed by atoms with E-state index < -0.39 is 18.7 Å². The summed E-state index contributed by atoms with van der Waals surface area (Å²) in [5.41, 5.74) is 3.84. The van der Waals surface area contributed by atoms with Crippen LogP contribution in [0.15, 0.2) is 29.3 Å². The Kier molecular flexibility index (Phi) is 6.17. The van der Waals surface area contributed by atoms with Crippen LogP contribution < -0.4 is 26.2 Å². The molecule has 8 nitrogen and oxygen atoms in total. The maximum absolute atomic E-state index is 12.1. The number of nitrogens with one attached hydrogen (secondary N) is 4. The van der Waals surface area contributed by atoms with Crippen LogP contribution in [0.4, 0.5) is 23.7 Å². The molecular formula is C14H18F3N5O3. The monoisotopic (exact) mass is 361 g/mol. The molecule has 0 fully saturated rings. The smallest absolute Gasteiger partial charge is 0.406 e. The number of carbonyl (C=O) groups excluding carboxylic acids is 1. The van der Waals surface area contributed by atoms with Crippen LogP contribution in [0, 0.1) is 0 Å². The highest BCUT2D eigenvalue weighted by atomic mass is 19.4. The van der Waals surface area contributed by atoms with Crippen molar-refractivity contribution >= 4 is 17.4 Å². The number of anilines is 1. The van der Waals surface area contributed by atoms with Crippen molar-refractivity contribution in [1.82, 2.24) is 16.1 Å². The van der Waals surface area contributed by atoms with E-state index in [-0.39, 0.29) is 11.9 Å². The summed E-state index contributed by atoms with van der Waals surface area (Å²) in [5.74, 6) is -0.374. The highest BCUT2D eigenvalue weighted by Crippen LogP contribution is 2.23. The first-order valence-corrected chi connectivity index (χ1v) is 7.26. The number of aliphatic imine (C=N–C) groups is 1. The predicted octanol–water partition coefficient (Wildman–Crippen LogP) is 1.92. The molecule has 138 valence electrons. The molecule has 1 aromatic rings. The second-order valence-electron chi connectivity index (χ2n) is 5.18. The van der Waals surface area contributed by atoms with Crippen molar-refractivity contribution in [2.24, 2.45) is 4.99 Å². The van der Waals surface area contributed by atoms with Crippen LogP contribution in [0.3, 0.4) is 0 Å². The summed E-state index contributed by atoms with van der Waals surface area (Å²) in [6.07, 6.45) is -5.04. The number of benzene rings is 1. The summed E-state index contributed by atoms with van der Waals surface area (Å²) in [7, 11) is 1.48. The van der Waals surface area contributed by atoms with Gasteiger partial charge in [0, 0.05) is 17.8 Å². The first-order chi connectivity index (χ1) is 11.7. The van der Waals surface area contributed by atoms with Gasteiger partial charge in [-0.2, -0.15) is 5.48 Å².